The van der Waals surface area contributed by atoms with Gasteiger partial charge in [0.2, 0.25) is 0 Å². The van der Waals surface area contributed by atoms with Crippen molar-refractivity contribution >= 4 is 5.91 Å². The van der Waals surface area contributed by atoms with Gasteiger partial charge in [0.1, 0.15) is 5.75 Å². The van der Waals surface area contributed by atoms with Crippen molar-refractivity contribution in [3.63, 3.8) is 0 Å². The van der Waals surface area contributed by atoms with Crippen molar-refractivity contribution in [2.45, 2.75) is 12.5 Å². The fourth-order valence-electron chi connectivity index (χ4n) is 3.42. The fraction of sp³-hybridized carbons (Fsp3) is 0.150. The molecule has 3 aromatic rings. The quantitative estimate of drug-likeness (QED) is 0.747. The van der Waals surface area contributed by atoms with Crippen LogP contribution in [0.4, 0.5) is 0 Å². The summed E-state index contributed by atoms with van der Waals surface area (Å²) in [6.07, 6.45) is 1.62. The minimum atomic E-state index is -0.187. The first-order valence-electron chi connectivity index (χ1n) is 8.27. The number of imidazole rings is 1. The molecule has 1 aromatic heterocycles. The number of nitrogens with one attached hydrogen (secondary N) is 1. The molecule has 1 atom stereocenters. The van der Waals surface area contributed by atoms with E-state index in [1.54, 1.807) is 53.7 Å². The molecule has 0 saturated heterocycles. The highest BCUT2D eigenvalue weighted by Gasteiger charge is 2.32. The SMILES string of the molecule is N#Cc1ccccc1C(=O)N1Cc2[nH]cnc2C(c2cccc(O)c2)C1. The van der Waals surface area contributed by atoms with Crippen LogP contribution in [0.15, 0.2) is 54.9 Å². The van der Waals surface area contributed by atoms with Crippen LogP contribution in [-0.4, -0.2) is 32.4 Å². The molecular weight excluding hydrogens is 328 g/mol. The van der Waals surface area contributed by atoms with E-state index in [2.05, 4.69) is 16.0 Å². The number of fused-ring (bicyclic) bond motifs is 1. The van der Waals surface area contributed by atoms with Gasteiger partial charge >= 0.3 is 0 Å². The third-order valence-corrected chi connectivity index (χ3v) is 4.67. The number of nitrogens with zero attached hydrogens (tertiary/aromatic N) is 3. The van der Waals surface area contributed by atoms with Gasteiger partial charge in [-0.1, -0.05) is 24.3 Å². The topological polar surface area (TPSA) is 93.0 Å². The Morgan fingerprint density at radius 3 is 2.92 bits per heavy atom. The van der Waals surface area contributed by atoms with Gasteiger partial charge in [0, 0.05) is 12.5 Å². The van der Waals surface area contributed by atoms with Crippen molar-refractivity contribution in [2.24, 2.45) is 0 Å². The van der Waals surface area contributed by atoms with Gasteiger partial charge in [0.15, 0.2) is 0 Å². The smallest absolute Gasteiger partial charge is 0.255 e. The van der Waals surface area contributed by atoms with Crippen LogP contribution in [0, 0.1) is 11.3 Å². The Bertz CT molecular complexity index is 1020. The van der Waals surface area contributed by atoms with E-state index in [0.29, 0.717) is 24.2 Å². The van der Waals surface area contributed by atoms with E-state index >= 15 is 0 Å². The molecule has 1 aliphatic heterocycles. The number of hydrogen-bond acceptors (Lipinski definition) is 4. The summed E-state index contributed by atoms with van der Waals surface area (Å²) in [7, 11) is 0. The molecule has 128 valence electrons. The van der Waals surface area contributed by atoms with Crippen LogP contribution in [0.25, 0.3) is 0 Å². The van der Waals surface area contributed by atoms with Gasteiger partial charge < -0.3 is 15.0 Å². The average molecular weight is 344 g/mol. The number of H-pyrrole nitrogens is 1. The number of benzene rings is 2. The van der Waals surface area contributed by atoms with Crippen LogP contribution >= 0.6 is 0 Å². The second-order valence-electron chi connectivity index (χ2n) is 6.26. The van der Waals surface area contributed by atoms with Gasteiger partial charge in [0.25, 0.3) is 5.91 Å². The standard InChI is InChI=1S/C20H16N4O2/c21-9-14-4-1-2-7-16(14)20(26)24-10-17(13-5-3-6-15(25)8-13)19-18(11-24)22-12-23-19/h1-8,12,17,25H,10-11H2,(H,22,23). The second-order valence-corrected chi connectivity index (χ2v) is 6.26. The molecule has 2 N–H and O–H groups in total. The molecule has 6 heteroatoms. The Labute approximate surface area is 150 Å². The number of hydrogen-bond donors (Lipinski definition) is 2. The highest BCUT2D eigenvalue weighted by Crippen LogP contribution is 2.33. The lowest BCUT2D eigenvalue weighted by atomic mass is 9.90. The van der Waals surface area contributed by atoms with E-state index in [0.717, 1.165) is 17.0 Å². The largest absolute Gasteiger partial charge is 0.508 e. The number of rotatable bonds is 2. The maximum absolute atomic E-state index is 13.0. The summed E-state index contributed by atoms with van der Waals surface area (Å²) in [6.45, 7) is 0.836. The molecule has 0 saturated carbocycles. The summed E-state index contributed by atoms with van der Waals surface area (Å²) < 4.78 is 0. The van der Waals surface area contributed by atoms with Gasteiger partial charge in [-0.2, -0.15) is 5.26 Å². The Morgan fingerprint density at radius 1 is 1.27 bits per heavy atom. The highest BCUT2D eigenvalue weighted by atomic mass is 16.3. The van der Waals surface area contributed by atoms with E-state index in [1.165, 1.54) is 0 Å². The minimum Gasteiger partial charge on any atom is -0.508 e. The lowest BCUT2D eigenvalue weighted by molar-refractivity contribution is 0.0721. The normalized spacial score (nSPS) is 16.0. The number of carbonyl (C=O) groups is 1. The Balaban J connectivity index is 1.72. The van der Waals surface area contributed by atoms with Crippen molar-refractivity contribution < 1.29 is 9.90 Å². The van der Waals surface area contributed by atoms with Crippen LogP contribution in [0.3, 0.4) is 0 Å². The first-order valence-corrected chi connectivity index (χ1v) is 8.27. The Kier molecular flexibility index (Phi) is 3.90. The molecule has 0 aliphatic carbocycles. The first kappa shape index (κ1) is 15.9. The zero-order valence-corrected chi connectivity index (χ0v) is 13.9. The lowest BCUT2D eigenvalue weighted by Gasteiger charge is -2.32. The van der Waals surface area contributed by atoms with Crippen LogP contribution in [0.2, 0.25) is 0 Å². The van der Waals surface area contributed by atoms with E-state index in [4.69, 9.17) is 0 Å². The van der Waals surface area contributed by atoms with E-state index in [1.807, 2.05) is 6.07 Å². The number of amides is 1. The van der Waals surface area contributed by atoms with Crippen molar-refractivity contribution in [3.05, 3.63) is 82.9 Å². The molecule has 26 heavy (non-hydrogen) atoms. The summed E-state index contributed by atoms with van der Waals surface area (Å²) in [5.74, 6) is -0.152. The van der Waals surface area contributed by atoms with E-state index < -0.39 is 0 Å². The third kappa shape index (κ3) is 2.70. The number of phenols is 1. The summed E-state index contributed by atoms with van der Waals surface area (Å²) in [5.41, 5.74) is 3.40. The molecule has 0 fully saturated rings. The third-order valence-electron chi connectivity index (χ3n) is 4.67. The van der Waals surface area contributed by atoms with Crippen molar-refractivity contribution in [2.75, 3.05) is 6.54 Å². The van der Waals surface area contributed by atoms with E-state index in [9.17, 15) is 15.2 Å². The number of nitriles is 1. The van der Waals surface area contributed by atoms with Crippen molar-refractivity contribution in [3.8, 4) is 11.8 Å². The molecule has 4 rings (SSSR count). The summed E-state index contributed by atoms with van der Waals surface area (Å²) >= 11 is 0. The number of phenolic OH excluding ortho intramolecular Hbond substituents is 1. The number of aromatic amines is 1. The monoisotopic (exact) mass is 344 g/mol. The van der Waals surface area contributed by atoms with Crippen molar-refractivity contribution in [1.82, 2.24) is 14.9 Å². The highest BCUT2D eigenvalue weighted by molar-refractivity contribution is 5.96. The van der Waals surface area contributed by atoms with Gasteiger partial charge in [-0.05, 0) is 29.8 Å². The molecule has 1 aliphatic rings. The first-order chi connectivity index (χ1) is 12.7. The predicted octanol–water partition coefficient (Wildman–Crippen LogP) is 2.77. The van der Waals surface area contributed by atoms with Gasteiger partial charge in [-0.25, -0.2) is 4.98 Å². The van der Waals surface area contributed by atoms with Crippen LogP contribution in [0.5, 0.6) is 5.75 Å². The van der Waals surface area contributed by atoms with Crippen LogP contribution in [-0.2, 0) is 6.54 Å². The maximum Gasteiger partial charge on any atom is 0.255 e. The summed E-state index contributed by atoms with van der Waals surface area (Å²) in [5, 5.41) is 19.1. The Morgan fingerprint density at radius 2 is 2.12 bits per heavy atom. The van der Waals surface area contributed by atoms with Gasteiger partial charge in [-0.15, -0.1) is 0 Å². The summed E-state index contributed by atoms with van der Waals surface area (Å²) in [6, 6.07) is 15.9. The maximum atomic E-state index is 13.0. The fourth-order valence-corrected chi connectivity index (χ4v) is 3.42. The number of aromatic nitrogens is 2. The van der Waals surface area contributed by atoms with Crippen LogP contribution in [0.1, 0.15) is 38.8 Å². The second kappa shape index (κ2) is 6.37. The Hall–Kier alpha value is -3.59. The lowest BCUT2D eigenvalue weighted by Crippen LogP contribution is -2.39. The van der Waals surface area contributed by atoms with Gasteiger partial charge in [0.05, 0.1) is 41.5 Å². The average Bonchev–Trinajstić information content (AvgIpc) is 3.15. The van der Waals surface area contributed by atoms with Crippen LogP contribution < -0.4 is 0 Å². The predicted molar refractivity (Wildman–Crippen MR) is 94.4 cm³/mol. The summed E-state index contributed by atoms with van der Waals surface area (Å²) in [4.78, 5) is 22.3. The molecule has 0 bridgehead atoms. The zero-order chi connectivity index (χ0) is 18.1. The molecule has 0 radical (unpaired) electrons. The van der Waals surface area contributed by atoms with Gasteiger partial charge in [-0.3, -0.25) is 4.79 Å². The molecule has 0 spiro atoms. The number of aromatic hydroxyl groups is 1. The molecule has 2 aromatic carbocycles. The minimum absolute atomic E-state index is 0.143. The zero-order valence-electron chi connectivity index (χ0n) is 13.9. The molecule has 2 heterocycles. The van der Waals surface area contributed by atoms with Crippen molar-refractivity contribution in [1.29, 1.82) is 5.26 Å². The molecular formula is C20H16N4O2. The van der Waals surface area contributed by atoms with E-state index in [-0.39, 0.29) is 17.6 Å². The molecule has 1 amide bonds. The molecule has 6 nitrogen and oxygen atoms in total. The number of carbonyl (C=O) groups excluding carboxylic acids is 1. The molecule has 1 unspecified atom stereocenters.